The van der Waals surface area contributed by atoms with Gasteiger partial charge in [0.05, 0.1) is 11.4 Å². The van der Waals surface area contributed by atoms with E-state index in [4.69, 9.17) is 4.74 Å². The number of Topliss-reactive ketones (excluding diaryl/α,β-unsaturated/α-hetero) is 1. The lowest BCUT2D eigenvalue weighted by Crippen LogP contribution is -2.33. The Kier molecular flexibility index (Phi) is 6.46. The average molecular weight is 480 g/mol. The number of imide groups is 1. The van der Waals surface area contributed by atoms with Crippen molar-refractivity contribution in [3.63, 3.8) is 0 Å². The van der Waals surface area contributed by atoms with Crippen LogP contribution in [-0.4, -0.2) is 28.4 Å². The Labute approximate surface area is 207 Å². The molecule has 0 unspecified atom stereocenters. The maximum atomic E-state index is 12.9. The van der Waals surface area contributed by atoms with E-state index in [1.54, 1.807) is 36.4 Å². The first-order valence-electron chi connectivity index (χ1n) is 11.1. The van der Waals surface area contributed by atoms with Gasteiger partial charge >= 0.3 is 0 Å². The molecule has 0 spiro atoms. The number of para-hydroxylation sites is 1. The molecule has 1 aliphatic rings. The molecule has 0 saturated carbocycles. The fraction of sp³-hybridized carbons (Fsp3) is 0.0690. The number of benzene rings is 4. The summed E-state index contributed by atoms with van der Waals surface area (Å²) in [6.07, 6.45) is 1.65. The number of amides is 2. The summed E-state index contributed by atoms with van der Waals surface area (Å²) < 4.78 is 6.14. The first-order chi connectivity index (χ1) is 17.1. The van der Waals surface area contributed by atoms with Gasteiger partial charge in [-0.25, -0.2) is 0 Å². The highest BCUT2D eigenvalue weighted by Crippen LogP contribution is 2.34. The van der Waals surface area contributed by atoms with Gasteiger partial charge in [0.2, 0.25) is 0 Å². The fourth-order valence-electron chi connectivity index (χ4n) is 3.94. The van der Waals surface area contributed by atoms with Gasteiger partial charge < -0.3 is 4.74 Å². The molecule has 0 radical (unpaired) electrons. The summed E-state index contributed by atoms with van der Waals surface area (Å²) in [5.74, 6) is -0.159. The number of hydrogen-bond donors (Lipinski definition) is 0. The molecule has 0 N–H and O–H groups in total. The van der Waals surface area contributed by atoms with Gasteiger partial charge in [-0.1, -0.05) is 91.0 Å². The number of hydrogen-bond acceptors (Lipinski definition) is 5. The summed E-state index contributed by atoms with van der Waals surface area (Å²) in [6.45, 7) is 0.0739. The van der Waals surface area contributed by atoms with E-state index < -0.39 is 11.1 Å². The average Bonchev–Trinajstić information content (AvgIpc) is 3.16. The van der Waals surface area contributed by atoms with Crippen molar-refractivity contribution >= 4 is 45.5 Å². The number of rotatable bonds is 7. The highest BCUT2D eigenvalue weighted by atomic mass is 32.2. The van der Waals surface area contributed by atoms with Crippen LogP contribution in [0.15, 0.2) is 102 Å². The largest absolute Gasteiger partial charge is 0.488 e. The van der Waals surface area contributed by atoms with Gasteiger partial charge in [-0.2, -0.15) is 0 Å². The smallest absolute Gasteiger partial charge is 0.293 e. The van der Waals surface area contributed by atoms with Crippen LogP contribution in [0.4, 0.5) is 4.79 Å². The Morgan fingerprint density at radius 3 is 2.40 bits per heavy atom. The SMILES string of the molecule is O=C(CN1C(=O)S/C(=C\c2ccccc2OCc2cccc3ccccc23)C1=O)c1ccccc1. The minimum atomic E-state index is -0.479. The lowest BCUT2D eigenvalue weighted by atomic mass is 10.1. The minimum absolute atomic E-state index is 0.261. The first-order valence-corrected chi connectivity index (χ1v) is 11.9. The predicted molar refractivity (Wildman–Crippen MR) is 138 cm³/mol. The molecule has 6 heteroatoms. The zero-order valence-corrected chi connectivity index (χ0v) is 19.5. The van der Waals surface area contributed by atoms with Crippen molar-refractivity contribution in [3.05, 3.63) is 119 Å². The van der Waals surface area contributed by atoms with Crippen molar-refractivity contribution in [1.82, 2.24) is 4.90 Å². The molecule has 2 amide bonds. The molecule has 1 saturated heterocycles. The highest BCUT2D eigenvalue weighted by Gasteiger charge is 2.36. The van der Waals surface area contributed by atoms with Gasteiger partial charge in [0, 0.05) is 11.1 Å². The Bertz CT molecular complexity index is 1460. The normalized spacial score (nSPS) is 14.6. The van der Waals surface area contributed by atoms with E-state index in [0.29, 0.717) is 23.5 Å². The molecule has 0 atom stereocenters. The third-order valence-corrected chi connectivity index (χ3v) is 6.65. The molecule has 4 aromatic carbocycles. The van der Waals surface area contributed by atoms with Crippen LogP contribution in [0.5, 0.6) is 5.75 Å². The van der Waals surface area contributed by atoms with E-state index >= 15 is 0 Å². The van der Waals surface area contributed by atoms with E-state index in [0.717, 1.165) is 33.0 Å². The Balaban J connectivity index is 1.34. The molecule has 5 nitrogen and oxygen atoms in total. The fourth-order valence-corrected chi connectivity index (χ4v) is 4.77. The maximum absolute atomic E-state index is 12.9. The number of ether oxygens (including phenoxy) is 1. The molecular weight excluding hydrogens is 458 g/mol. The van der Waals surface area contributed by atoms with E-state index in [-0.39, 0.29) is 17.2 Å². The van der Waals surface area contributed by atoms with Crippen molar-refractivity contribution in [2.75, 3.05) is 6.54 Å². The van der Waals surface area contributed by atoms with Gasteiger partial charge in [0.15, 0.2) is 5.78 Å². The van der Waals surface area contributed by atoms with Crippen LogP contribution in [0.1, 0.15) is 21.5 Å². The summed E-state index contributed by atoms with van der Waals surface area (Å²) in [7, 11) is 0. The summed E-state index contributed by atoms with van der Waals surface area (Å²) >= 11 is 0.830. The number of ketones is 1. The van der Waals surface area contributed by atoms with Crippen molar-refractivity contribution in [1.29, 1.82) is 0 Å². The van der Waals surface area contributed by atoms with Crippen LogP contribution in [0.25, 0.3) is 16.8 Å². The van der Waals surface area contributed by atoms with Crippen LogP contribution in [0.3, 0.4) is 0 Å². The van der Waals surface area contributed by atoms with E-state index in [9.17, 15) is 14.4 Å². The molecule has 1 fully saturated rings. The summed E-state index contributed by atoms with van der Waals surface area (Å²) in [5, 5.41) is 1.80. The van der Waals surface area contributed by atoms with Crippen molar-refractivity contribution < 1.29 is 19.1 Å². The lowest BCUT2D eigenvalue weighted by Gasteiger charge is -2.12. The standard InChI is InChI=1S/C29H21NO4S/c31-25(21-10-2-1-3-11-21)18-30-28(32)27(35-29(30)33)17-22-12-5-7-16-26(22)34-19-23-14-8-13-20-9-4-6-15-24(20)23/h1-17H,18-19H2/b27-17-. The van der Waals surface area contributed by atoms with Gasteiger partial charge in [0.1, 0.15) is 12.4 Å². The Hall–Kier alpha value is -4.16. The van der Waals surface area contributed by atoms with Crippen LogP contribution in [-0.2, 0) is 11.4 Å². The Morgan fingerprint density at radius 2 is 1.54 bits per heavy atom. The third kappa shape index (κ3) is 4.88. The summed E-state index contributed by atoms with van der Waals surface area (Å²) in [6, 6.07) is 30.2. The molecule has 5 rings (SSSR count). The number of carbonyl (C=O) groups is 3. The topological polar surface area (TPSA) is 63.7 Å². The van der Waals surface area contributed by atoms with Crippen LogP contribution >= 0.6 is 11.8 Å². The highest BCUT2D eigenvalue weighted by molar-refractivity contribution is 8.18. The van der Waals surface area contributed by atoms with Gasteiger partial charge in [-0.15, -0.1) is 0 Å². The molecule has 35 heavy (non-hydrogen) atoms. The zero-order valence-electron chi connectivity index (χ0n) is 18.7. The van der Waals surface area contributed by atoms with Crippen LogP contribution in [0.2, 0.25) is 0 Å². The second-order valence-corrected chi connectivity index (χ2v) is 9.02. The number of carbonyl (C=O) groups excluding carboxylic acids is 3. The molecule has 0 aliphatic carbocycles. The number of fused-ring (bicyclic) bond motifs is 1. The molecule has 4 aromatic rings. The third-order valence-electron chi connectivity index (χ3n) is 5.74. The minimum Gasteiger partial charge on any atom is -0.488 e. The lowest BCUT2D eigenvalue weighted by molar-refractivity contribution is -0.122. The molecule has 1 aliphatic heterocycles. The monoisotopic (exact) mass is 479 g/mol. The van der Waals surface area contributed by atoms with Crippen molar-refractivity contribution in [2.24, 2.45) is 0 Å². The van der Waals surface area contributed by atoms with Crippen molar-refractivity contribution in [2.45, 2.75) is 6.61 Å². The summed E-state index contributed by atoms with van der Waals surface area (Å²) in [4.78, 5) is 39.2. The van der Waals surface area contributed by atoms with E-state index in [2.05, 4.69) is 18.2 Å². The van der Waals surface area contributed by atoms with Gasteiger partial charge in [-0.05, 0) is 40.2 Å². The molecule has 0 aromatic heterocycles. The van der Waals surface area contributed by atoms with E-state index in [1.165, 1.54) is 0 Å². The quantitative estimate of drug-likeness (QED) is 0.229. The van der Waals surface area contributed by atoms with E-state index in [1.807, 2.05) is 48.5 Å². The number of nitrogens with zero attached hydrogens (tertiary/aromatic N) is 1. The van der Waals surface area contributed by atoms with Gasteiger partial charge in [-0.3, -0.25) is 19.3 Å². The first kappa shape index (κ1) is 22.6. The molecule has 1 heterocycles. The van der Waals surface area contributed by atoms with Crippen LogP contribution < -0.4 is 4.74 Å². The maximum Gasteiger partial charge on any atom is 0.293 e. The summed E-state index contributed by atoms with van der Waals surface area (Å²) in [5.41, 5.74) is 2.20. The zero-order chi connectivity index (χ0) is 24.2. The molecule has 0 bridgehead atoms. The molecular formula is C29H21NO4S. The van der Waals surface area contributed by atoms with Gasteiger partial charge in [0.25, 0.3) is 11.1 Å². The van der Waals surface area contributed by atoms with Crippen molar-refractivity contribution in [3.8, 4) is 5.75 Å². The second kappa shape index (κ2) is 9.99. The van der Waals surface area contributed by atoms with Crippen LogP contribution in [0, 0.1) is 0 Å². The second-order valence-electron chi connectivity index (χ2n) is 8.02. The molecule has 172 valence electrons. The Morgan fingerprint density at radius 1 is 0.829 bits per heavy atom. The number of thioether (sulfide) groups is 1. The predicted octanol–water partition coefficient (Wildman–Crippen LogP) is 6.34.